The van der Waals surface area contributed by atoms with Gasteiger partial charge in [-0.25, -0.2) is 9.50 Å². The molecule has 0 spiro atoms. The highest BCUT2D eigenvalue weighted by atomic mass is 16.1. The van der Waals surface area contributed by atoms with Crippen molar-refractivity contribution in [2.45, 2.75) is 19.3 Å². The van der Waals surface area contributed by atoms with E-state index in [1.54, 1.807) is 6.07 Å². The van der Waals surface area contributed by atoms with Gasteiger partial charge in [-0.05, 0) is 43.8 Å². The van der Waals surface area contributed by atoms with Crippen LogP contribution in [0.1, 0.15) is 18.5 Å². The Hall–Kier alpha value is -2.40. The van der Waals surface area contributed by atoms with Crippen molar-refractivity contribution in [2.24, 2.45) is 5.92 Å². The minimum Gasteiger partial charge on any atom is -0.317 e. The van der Waals surface area contributed by atoms with E-state index in [4.69, 9.17) is 0 Å². The molecule has 0 saturated carbocycles. The van der Waals surface area contributed by atoms with Crippen LogP contribution in [0.2, 0.25) is 0 Å². The molecule has 1 fully saturated rings. The third-order valence-electron chi connectivity index (χ3n) is 4.54. The van der Waals surface area contributed by atoms with E-state index in [2.05, 4.69) is 15.4 Å². The molecule has 5 heteroatoms. The Morgan fingerprint density at radius 1 is 1.13 bits per heavy atom. The van der Waals surface area contributed by atoms with Crippen LogP contribution in [0.15, 0.2) is 47.3 Å². The molecule has 1 aliphatic rings. The molecule has 1 aromatic carbocycles. The minimum atomic E-state index is -0.0406. The lowest BCUT2D eigenvalue weighted by atomic mass is 9.93. The summed E-state index contributed by atoms with van der Waals surface area (Å²) < 4.78 is 1.52. The summed E-state index contributed by atoms with van der Waals surface area (Å²) in [6.45, 7) is 2.13. The van der Waals surface area contributed by atoms with Crippen molar-refractivity contribution in [3.63, 3.8) is 0 Å². The summed E-state index contributed by atoms with van der Waals surface area (Å²) in [5, 5.41) is 6.51. The van der Waals surface area contributed by atoms with Crippen LogP contribution in [0, 0.1) is 5.92 Å². The lowest BCUT2D eigenvalue weighted by Gasteiger charge is -2.21. The van der Waals surface area contributed by atoms with E-state index in [1.807, 2.05) is 36.4 Å². The van der Waals surface area contributed by atoms with Gasteiger partial charge in [0.2, 0.25) is 0 Å². The predicted molar refractivity (Wildman–Crippen MR) is 90.5 cm³/mol. The molecule has 0 atom stereocenters. The van der Waals surface area contributed by atoms with E-state index in [1.165, 1.54) is 4.52 Å². The van der Waals surface area contributed by atoms with Crippen molar-refractivity contribution in [1.82, 2.24) is 19.9 Å². The van der Waals surface area contributed by atoms with Crippen LogP contribution >= 0.6 is 0 Å². The fourth-order valence-electron chi connectivity index (χ4n) is 3.29. The van der Waals surface area contributed by atoms with Gasteiger partial charge >= 0.3 is 0 Å². The molecule has 1 saturated heterocycles. The molecule has 4 rings (SSSR count). The van der Waals surface area contributed by atoms with Crippen LogP contribution in [0.3, 0.4) is 0 Å². The van der Waals surface area contributed by atoms with Gasteiger partial charge < -0.3 is 5.32 Å². The van der Waals surface area contributed by atoms with Crippen molar-refractivity contribution >= 4 is 5.65 Å². The van der Waals surface area contributed by atoms with E-state index in [9.17, 15) is 4.79 Å². The number of rotatable bonds is 3. The number of H-pyrrole nitrogens is 1. The predicted octanol–water partition coefficient (Wildman–Crippen LogP) is 2.23. The van der Waals surface area contributed by atoms with Crippen LogP contribution in [-0.2, 0) is 6.42 Å². The fourth-order valence-corrected chi connectivity index (χ4v) is 3.29. The van der Waals surface area contributed by atoms with E-state index in [0.29, 0.717) is 11.6 Å². The van der Waals surface area contributed by atoms with Crippen molar-refractivity contribution in [2.75, 3.05) is 13.1 Å². The third-order valence-corrected chi connectivity index (χ3v) is 4.54. The molecule has 2 N–H and O–H groups in total. The van der Waals surface area contributed by atoms with Crippen molar-refractivity contribution in [3.05, 3.63) is 58.5 Å². The summed E-state index contributed by atoms with van der Waals surface area (Å²) in [7, 11) is 0. The number of piperidine rings is 1. The number of nitrogens with one attached hydrogen (secondary N) is 2. The van der Waals surface area contributed by atoms with Crippen LogP contribution < -0.4 is 10.9 Å². The molecule has 118 valence electrons. The molecule has 0 unspecified atom stereocenters. The molecule has 0 radical (unpaired) electrons. The zero-order chi connectivity index (χ0) is 15.6. The van der Waals surface area contributed by atoms with Gasteiger partial charge in [-0.3, -0.25) is 9.89 Å². The summed E-state index contributed by atoms with van der Waals surface area (Å²) in [4.78, 5) is 17.1. The maximum absolute atomic E-state index is 12.4. The summed E-state index contributed by atoms with van der Waals surface area (Å²) in [6, 6.07) is 13.6. The molecule has 3 aromatic rings. The first-order valence-corrected chi connectivity index (χ1v) is 8.17. The van der Waals surface area contributed by atoms with E-state index in [0.717, 1.165) is 49.3 Å². The van der Waals surface area contributed by atoms with E-state index < -0.39 is 0 Å². The molecule has 3 heterocycles. The number of aromatic nitrogens is 3. The van der Waals surface area contributed by atoms with Gasteiger partial charge in [0, 0.05) is 17.8 Å². The molecule has 23 heavy (non-hydrogen) atoms. The highest BCUT2D eigenvalue weighted by Crippen LogP contribution is 2.19. The van der Waals surface area contributed by atoms with Gasteiger partial charge in [0.1, 0.15) is 0 Å². The zero-order valence-corrected chi connectivity index (χ0v) is 13.0. The summed E-state index contributed by atoms with van der Waals surface area (Å²) >= 11 is 0. The van der Waals surface area contributed by atoms with Gasteiger partial charge in [-0.2, -0.15) is 0 Å². The highest BCUT2D eigenvalue weighted by molar-refractivity contribution is 5.63. The summed E-state index contributed by atoms with van der Waals surface area (Å²) in [6.07, 6.45) is 3.20. The van der Waals surface area contributed by atoms with Crippen molar-refractivity contribution < 1.29 is 0 Å². The molecule has 1 aliphatic heterocycles. The molecule has 5 nitrogen and oxygen atoms in total. The van der Waals surface area contributed by atoms with Gasteiger partial charge in [-0.15, -0.1) is 0 Å². The Balaban J connectivity index is 1.68. The second-order valence-electron chi connectivity index (χ2n) is 6.21. The Morgan fingerprint density at radius 2 is 1.91 bits per heavy atom. The topological polar surface area (TPSA) is 62.2 Å². The van der Waals surface area contributed by atoms with Crippen LogP contribution in [-0.4, -0.2) is 27.7 Å². The number of benzene rings is 1. The smallest absolute Gasteiger partial charge is 0.272 e. The molecule has 0 aliphatic carbocycles. The largest absolute Gasteiger partial charge is 0.317 e. The maximum Gasteiger partial charge on any atom is 0.272 e. The zero-order valence-electron chi connectivity index (χ0n) is 13.0. The first-order chi connectivity index (χ1) is 11.3. The minimum absolute atomic E-state index is 0.0406. The van der Waals surface area contributed by atoms with Gasteiger partial charge in [-0.1, -0.05) is 30.3 Å². The number of aromatic amines is 1. The Bertz CT molecular complexity index is 860. The quantitative estimate of drug-likeness (QED) is 0.780. The average Bonchev–Trinajstić information content (AvgIpc) is 3.01. The molecule has 0 amide bonds. The third kappa shape index (κ3) is 2.92. The van der Waals surface area contributed by atoms with Crippen LogP contribution in [0.25, 0.3) is 16.9 Å². The first kappa shape index (κ1) is 14.2. The van der Waals surface area contributed by atoms with Gasteiger partial charge in [0.05, 0.1) is 5.69 Å². The van der Waals surface area contributed by atoms with Gasteiger partial charge in [0.25, 0.3) is 5.56 Å². The second-order valence-corrected chi connectivity index (χ2v) is 6.21. The summed E-state index contributed by atoms with van der Waals surface area (Å²) in [5.74, 6) is 0.623. The normalized spacial score (nSPS) is 16.0. The first-order valence-electron chi connectivity index (χ1n) is 8.17. The number of nitrogens with zero attached hydrogens (tertiary/aromatic N) is 2. The van der Waals surface area contributed by atoms with Gasteiger partial charge in [0.15, 0.2) is 5.65 Å². The Kier molecular flexibility index (Phi) is 3.71. The van der Waals surface area contributed by atoms with Crippen LogP contribution in [0.4, 0.5) is 0 Å². The monoisotopic (exact) mass is 308 g/mol. The van der Waals surface area contributed by atoms with E-state index >= 15 is 0 Å². The molecular weight excluding hydrogens is 288 g/mol. The number of fused-ring (bicyclic) bond motifs is 1. The lowest BCUT2D eigenvalue weighted by molar-refractivity contribution is 0.370. The standard InChI is InChI=1S/C18H20N4O/c23-18-11-15(10-13-6-8-19-9-7-13)20-17-12-16(21-22(17)18)14-4-2-1-3-5-14/h1-5,11-13,19,21H,6-10H2. The number of hydrogen-bond donors (Lipinski definition) is 2. The fraction of sp³-hybridized carbons (Fsp3) is 0.333. The average molecular weight is 308 g/mol. The Labute approximate surface area is 134 Å². The van der Waals surface area contributed by atoms with Crippen molar-refractivity contribution in [1.29, 1.82) is 0 Å². The maximum atomic E-state index is 12.4. The SMILES string of the molecule is O=c1cc(CC2CCNCC2)nc2cc(-c3ccccc3)[nH]n12. The highest BCUT2D eigenvalue weighted by Gasteiger charge is 2.15. The molecule has 0 bridgehead atoms. The number of hydrogen-bond acceptors (Lipinski definition) is 3. The summed E-state index contributed by atoms with van der Waals surface area (Å²) in [5.41, 5.74) is 3.52. The van der Waals surface area contributed by atoms with Crippen LogP contribution in [0.5, 0.6) is 0 Å². The van der Waals surface area contributed by atoms with E-state index in [-0.39, 0.29) is 5.56 Å². The van der Waals surface area contributed by atoms with Crippen molar-refractivity contribution in [3.8, 4) is 11.3 Å². The molecule has 2 aromatic heterocycles. The second kappa shape index (κ2) is 6.01. The molecular formula is C18H20N4O. The lowest BCUT2D eigenvalue weighted by Crippen LogP contribution is -2.29. The Morgan fingerprint density at radius 3 is 2.70 bits per heavy atom.